The van der Waals surface area contributed by atoms with Gasteiger partial charge >= 0.3 is 0 Å². The van der Waals surface area contributed by atoms with Crippen molar-refractivity contribution in [3.8, 4) is 44.8 Å². The van der Waals surface area contributed by atoms with Gasteiger partial charge in [-0.3, -0.25) is 0 Å². The fourth-order valence-electron chi connectivity index (χ4n) is 7.79. The van der Waals surface area contributed by atoms with Crippen LogP contribution in [0.25, 0.3) is 86.7 Å². The molecule has 0 saturated carbocycles. The van der Waals surface area contributed by atoms with E-state index in [9.17, 15) is 0 Å². The Morgan fingerprint density at radius 2 is 1.04 bits per heavy atom. The van der Waals surface area contributed by atoms with Crippen LogP contribution in [0.4, 0.5) is 0 Å². The Balaban J connectivity index is 1.11. The number of hydrogen-bond donors (Lipinski definition) is 0. The minimum Gasteiger partial charge on any atom is -0.245 e. The lowest BCUT2D eigenvalue weighted by Crippen LogP contribution is -2.14. The third kappa shape index (κ3) is 4.04. The predicted octanol–water partition coefficient (Wildman–Crippen LogP) is 12.5. The highest BCUT2D eigenvalue weighted by atomic mass is 32.1. The van der Waals surface area contributed by atoms with E-state index in [0.717, 1.165) is 44.3 Å². The summed E-state index contributed by atoms with van der Waals surface area (Å²) in [6, 6.07) is 52.8. The van der Waals surface area contributed by atoms with Crippen LogP contribution in [0.5, 0.6) is 0 Å². The van der Waals surface area contributed by atoms with Crippen LogP contribution in [0.15, 0.2) is 146 Å². The third-order valence-electron chi connectivity index (χ3n) is 10.3. The molecule has 0 N–H and O–H groups in total. The zero-order valence-corrected chi connectivity index (χ0v) is 27.5. The lowest BCUT2D eigenvalue weighted by Gasteiger charge is -2.21. The zero-order chi connectivity index (χ0) is 32.0. The van der Waals surface area contributed by atoms with Gasteiger partial charge in [0.05, 0.1) is 22.4 Å². The van der Waals surface area contributed by atoms with Gasteiger partial charge in [0.15, 0.2) is 0 Å². The van der Waals surface area contributed by atoms with Gasteiger partial charge < -0.3 is 0 Å². The van der Waals surface area contributed by atoms with Crippen molar-refractivity contribution in [2.24, 2.45) is 0 Å². The highest BCUT2D eigenvalue weighted by molar-refractivity contribution is 7.25. The van der Waals surface area contributed by atoms with E-state index in [0.29, 0.717) is 0 Å². The van der Waals surface area contributed by atoms with Crippen LogP contribution >= 0.6 is 11.3 Å². The average molecular weight is 631 g/mol. The molecule has 2 nitrogen and oxygen atoms in total. The van der Waals surface area contributed by atoms with Crippen LogP contribution < -0.4 is 0 Å². The number of pyridine rings is 2. The third-order valence-corrected chi connectivity index (χ3v) is 11.4. The van der Waals surface area contributed by atoms with Crippen LogP contribution in [-0.2, 0) is 5.41 Å². The van der Waals surface area contributed by atoms with Crippen molar-refractivity contribution >= 4 is 53.3 Å². The van der Waals surface area contributed by atoms with E-state index in [-0.39, 0.29) is 5.41 Å². The van der Waals surface area contributed by atoms with Gasteiger partial charge in [-0.15, -0.1) is 11.3 Å². The van der Waals surface area contributed by atoms with Gasteiger partial charge in [0.2, 0.25) is 0 Å². The number of rotatable bonds is 3. The summed E-state index contributed by atoms with van der Waals surface area (Å²) in [7, 11) is 0. The summed E-state index contributed by atoms with van der Waals surface area (Å²) in [5, 5.41) is 4.79. The Morgan fingerprint density at radius 3 is 1.88 bits per heavy atom. The Hall–Kier alpha value is -5.64. The molecule has 0 spiro atoms. The molecule has 0 radical (unpaired) electrons. The normalized spacial score (nSPS) is 13.4. The number of aromatic nitrogens is 2. The molecule has 3 heteroatoms. The summed E-state index contributed by atoms with van der Waals surface area (Å²) in [6.45, 7) is 4.65. The van der Waals surface area contributed by atoms with Crippen LogP contribution in [0.2, 0.25) is 0 Å². The molecule has 48 heavy (non-hydrogen) atoms. The molecule has 9 aromatic rings. The summed E-state index contributed by atoms with van der Waals surface area (Å²) in [5.74, 6) is 0. The van der Waals surface area contributed by atoms with Gasteiger partial charge in [0.1, 0.15) is 0 Å². The maximum Gasteiger partial charge on any atom is 0.0972 e. The molecule has 0 atom stereocenters. The van der Waals surface area contributed by atoms with Crippen LogP contribution in [-0.4, -0.2) is 9.97 Å². The molecule has 226 valence electrons. The monoisotopic (exact) mass is 630 g/mol. The van der Waals surface area contributed by atoms with Crippen molar-refractivity contribution in [2.75, 3.05) is 0 Å². The second kappa shape index (κ2) is 10.2. The first-order valence-corrected chi connectivity index (χ1v) is 17.3. The van der Waals surface area contributed by atoms with E-state index in [1.807, 2.05) is 11.3 Å². The predicted molar refractivity (Wildman–Crippen MR) is 204 cm³/mol. The first-order valence-electron chi connectivity index (χ1n) is 16.5. The fourth-order valence-corrected chi connectivity index (χ4v) is 8.88. The number of thiophene rings is 1. The first kappa shape index (κ1) is 27.5. The van der Waals surface area contributed by atoms with Crippen LogP contribution in [0, 0.1) is 0 Å². The van der Waals surface area contributed by atoms with Crippen molar-refractivity contribution in [1.29, 1.82) is 0 Å². The molecule has 3 aromatic heterocycles. The average Bonchev–Trinajstić information content (AvgIpc) is 3.62. The number of nitrogens with zero attached hydrogens (tertiary/aromatic N) is 2. The second-order valence-corrected chi connectivity index (χ2v) is 14.5. The van der Waals surface area contributed by atoms with E-state index in [2.05, 4.69) is 159 Å². The molecular formula is C45H30N2S. The maximum atomic E-state index is 5.34. The van der Waals surface area contributed by atoms with Crippen molar-refractivity contribution in [3.05, 3.63) is 157 Å². The molecule has 0 amide bonds. The fraction of sp³-hybridized carbons (Fsp3) is 0.0667. The molecule has 1 aliphatic carbocycles. The van der Waals surface area contributed by atoms with Gasteiger partial charge in [0, 0.05) is 47.5 Å². The summed E-state index contributed by atoms with van der Waals surface area (Å²) < 4.78 is 2.63. The molecule has 0 aliphatic heterocycles. The smallest absolute Gasteiger partial charge is 0.0972 e. The summed E-state index contributed by atoms with van der Waals surface area (Å²) in [6.07, 6.45) is 0. The molecule has 10 rings (SSSR count). The Bertz CT molecular complexity index is 2770. The van der Waals surface area contributed by atoms with Gasteiger partial charge in [-0.25, -0.2) is 9.97 Å². The lowest BCUT2D eigenvalue weighted by molar-refractivity contribution is 0.660. The van der Waals surface area contributed by atoms with Gasteiger partial charge in [-0.1, -0.05) is 123 Å². The lowest BCUT2D eigenvalue weighted by atomic mass is 9.82. The molecule has 6 aromatic carbocycles. The van der Waals surface area contributed by atoms with E-state index in [1.165, 1.54) is 53.6 Å². The Morgan fingerprint density at radius 1 is 0.438 bits per heavy atom. The maximum absolute atomic E-state index is 5.34. The second-order valence-electron chi connectivity index (χ2n) is 13.4. The standard InChI is InChI=1S/C45H30N2S/c1-45(2)37-13-7-5-10-32(37)33-21-17-30(26-38(33)45)39-22-18-27-15-16-28-19-23-40(47-44(28)43(27)46-39)34-11-4-3-9-31(34)29-20-24-42-36(25-29)35-12-6-8-14-41(35)48-42/h3-26H,1-2H3. The minimum atomic E-state index is -0.0591. The highest BCUT2D eigenvalue weighted by Crippen LogP contribution is 2.49. The molecule has 0 unspecified atom stereocenters. The molecule has 3 heterocycles. The van der Waals surface area contributed by atoms with Crippen molar-refractivity contribution < 1.29 is 0 Å². The topological polar surface area (TPSA) is 25.8 Å². The summed E-state index contributed by atoms with van der Waals surface area (Å²) in [5.41, 5.74) is 13.7. The number of fused-ring (bicyclic) bond motifs is 9. The quantitative estimate of drug-likeness (QED) is 0.182. The molecule has 0 bridgehead atoms. The zero-order valence-electron chi connectivity index (χ0n) is 26.7. The van der Waals surface area contributed by atoms with Gasteiger partial charge in [-0.2, -0.15) is 0 Å². The molecule has 0 fully saturated rings. The Kier molecular flexibility index (Phi) is 5.82. The van der Waals surface area contributed by atoms with Crippen LogP contribution in [0.3, 0.4) is 0 Å². The summed E-state index contributed by atoms with van der Waals surface area (Å²) in [4.78, 5) is 10.7. The van der Waals surface area contributed by atoms with Crippen molar-refractivity contribution in [1.82, 2.24) is 9.97 Å². The van der Waals surface area contributed by atoms with Crippen molar-refractivity contribution in [2.45, 2.75) is 19.3 Å². The largest absolute Gasteiger partial charge is 0.245 e. The van der Waals surface area contributed by atoms with E-state index in [1.54, 1.807) is 0 Å². The minimum absolute atomic E-state index is 0.0591. The summed E-state index contributed by atoms with van der Waals surface area (Å²) >= 11 is 1.85. The first-order chi connectivity index (χ1) is 23.5. The molecular weight excluding hydrogens is 601 g/mol. The van der Waals surface area contributed by atoms with Crippen molar-refractivity contribution in [3.63, 3.8) is 0 Å². The number of hydrogen-bond acceptors (Lipinski definition) is 3. The van der Waals surface area contributed by atoms with Crippen LogP contribution in [0.1, 0.15) is 25.0 Å². The van der Waals surface area contributed by atoms with Gasteiger partial charge in [0.25, 0.3) is 0 Å². The molecule has 1 aliphatic rings. The number of benzene rings is 6. The molecule has 0 saturated heterocycles. The Labute approximate surface area is 283 Å². The highest BCUT2D eigenvalue weighted by Gasteiger charge is 2.35. The van der Waals surface area contributed by atoms with E-state index < -0.39 is 0 Å². The SMILES string of the molecule is CC1(C)c2ccccc2-c2ccc(-c3ccc4ccc5ccc(-c6ccccc6-c6ccc7sc8ccccc8c7c6)nc5c4n3)cc21. The van der Waals surface area contributed by atoms with E-state index in [4.69, 9.17) is 9.97 Å². The van der Waals surface area contributed by atoms with Gasteiger partial charge in [-0.05, 0) is 69.8 Å². The van der Waals surface area contributed by atoms with E-state index >= 15 is 0 Å².